The van der Waals surface area contributed by atoms with Crippen LogP contribution in [0.2, 0.25) is 0 Å². The molecule has 34 heavy (non-hydrogen) atoms. The van der Waals surface area contributed by atoms with Crippen molar-refractivity contribution in [1.29, 1.82) is 0 Å². The molecule has 0 fully saturated rings. The van der Waals surface area contributed by atoms with E-state index in [1.807, 2.05) is 60.7 Å². The van der Waals surface area contributed by atoms with Gasteiger partial charge in [-0.25, -0.2) is 4.31 Å². The number of methoxy groups -OCH3 is 2. The van der Waals surface area contributed by atoms with Gasteiger partial charge in [-0.15, -0.1) is 0 Å². The molecule has 0 spiro atoms. The van der Waals surface area contributed by atoms with Crippen molar-refractivity contribution in [2.75, 3.05) is 14.2 Å². The van der Waals surface area contributed by atoms with Crippen molar-refractivity contribution in [3.05, 3.63) is 89.5 Å². The molecule has 0 saturated carbocycles. The number of amides is 1. The van der Waals surface area contributed by atoms with Crippen LogP contribution in [0.1, 0.15) is 28.4 Å². The molecule has 4 rings (SSSR count). The molecule has 1 aliphatic rings. The van der Waals surface area contributed by atoms with Crippen LogP contribution in [-0.4, -0.2) is 42.3 Å². The number of benzene rings is 3. The lowest BCUT2D eigenvalue weighted by Gasteiger charge is -2.35. The number of ketones is 1. The Kier molecular flexibility index (Phi) is 7.55. The van der Waals surface area contributed by atoms with E-state index in [0.29, 0.717) is 30.0 Å². The van der Waals surface area contributed by atoms with Crippen molar-refractivity contribution >= 4 is 23.6 Å². The lowest BCUT2D eigenvalue weighted by Crippen LogP contribution is -2.50. The zero-order valence-electron chi connectivity index (χ0n) is 19.5. The third-order valence-corrected chi connectivity index (χ3v) is 7.03. The molecule has 1 N–H and O–H groups in total. The molecule has 1 unspecified atom stereocenters. The summed E-state index contributed by atoms with van der Waals surface area (Å²) in [5.41, 5.74) is 2.69. The first kappa shape index (κ1) is 23.9. The fourth-order valence-electron chi connectivity index (χ4n) is 4.00. The van der Waals surface area contributed by atoms with Gasteiger partial charge in [0.05, 0.1) is 20.3 Å². The van der Waals surface area contributed by atoms with E-state index in [2.05, 4.69) is 9.62 Å². The Morgan fingerprint density at radius 2 is 1.62 bits per heavy atom. The molecule has 3 aromatic rings. The Bertz CT molecular complexity index is 1150. The summed E-state index contributed by atoms with van der Waals surface area (Å²) >= 11 is 1.52. The molecule has 1 amide bonds. The second-order valence-electron chi connectivity index (χ2n) is 8.15. The van der Waals surface area contributed by atoms with Crippen LogP contribution in [0.4, 0.5) is 0 Å². The predicted molar refractivity (Wildman–Crippen MR) is 133 cm³/mol. The molecule has 0 radical (unpaired) electrons. The van der Waals surface area contributed by atoms with E-state index in [0.717, 1.165) is 16.0 Å². The number of Topliss-reactive ketones (excluding diaryl/α,β-unsaturated/α-hetero) is 1. The number of rotatable bonds is 8. The molecular formula is C27H28N2O4S. The first-order chi connectivity index (χ1) is 16.5. The van der Waals surface area contributed by atoms with Crippen LogP contribution in [0, 0.1) is 0 Å². The zero-order chi connectivity index (χ0) is 24.1. The van der Waals surface area contributed by atoms with Crippen LogP contribution in [-0.2, 0) is 17.8 Å². The molecular weight excluding hydrogens is 448 g/mol. The van der Waals surface area contributed by atoms with Crippen molar-refractivity contribution in [1.82, 2.24) is 9.62 Å². The molecule has 1 heterocycles. The van der Waals surface area contributed by atoms with Crippen LogP contribution in [0.5, 0.6) is 11.5 Å². The van der Waals surface area contributed by atoms with Gasteiger partial charge in [-0.2, -0.15) is 0 Å². The maximum absolute atomic E-state index is 13.5. The number of nitrogens with one attached hydrogen (secondary N) is 1. The van der Waals surface area contributed by atoms with Crippen molar-refractivity contribution in [3.63, 3.8) is 0 Å². The van der Waals surface area contributed by atoms with Crippen LogP contribution < -0.4 is 14.8 Å². The largest absolute Gasteiger partial charge is 0.493 e. The Hall–Kier alpha value is -3.29. The minimum absolute atomic E-state index is 0.112. The molecule has 0 aromatic heterocycles. The molecule has 0 bridgehead atoms. The van der Waals surface area contributed by atoms with Crippen LogP contribution in [0.3, 0.4) is 0 Å². The predicted octanol–water partition coefficient (Wildman–Crippen LogP) is 4.53. The standard InChI is InChI=1S/C27H28N2O4S/c1-18(26(30)20-12-8-5-9-13-20)28-27(31)22-14-21-15-23(32-2)24(33-3)16-25(21)34-29(22)17-19-10-6-4-7-11-19/h4-13,15-16,18,22H,14,17H2,1-3H3,(H,28,31)/t18-,22?/m0/s1. The minimum atomic E-state index is -0.634. The number of nitrogens with zero attached hydrogens (tertiary/aromatic N) is 1. The van der Waals surface area contributed by atoms with E-state index >= 15 is 0 Å². The first-order valence-electron chi connectivity index (χ1n) is 11.1. The Labute approximate surface area is 204 Å². The van der Waals surface area contributed by atoms with Gasteiger partial charge in [0.2, 0.25) is 5.91 Å². The number of carbonyl (C=O) groups is 2. The number of hydrogen-bond acceptors (Lipinski definition) is 6. The summed E-state index contributed by atoms with van der Waals surface area (Å²) in [5, 5.41) is 2.95. The van der Waals surface area contributed by atoms with Crippen molar-refractivity contribution in [2.45, 2.75) is 36.9 Å². The monoisotopic (exact) mass is 476 g/mol. The number of fused-ring (bicyclic) bond motifs is 1. The molecule has 1 aliphatic heterocycles. The summed E-state index contributed by atoms with van der Waals surface area (Å²) in [5.74, 6) is 0.989. The van der Waals surface area contributed by atoms with Crippen molar-refractivity contribution in [2.24, 2.45) is 0 Å². The highest BCUT2D eigenvalue weighted by molar-refractivity contribution is 7.97. The summed E-state index contributed by atoms with van der Waals surface area (Å²) in [6.45, 7) is 2.31. The average Bonchev–Trinajstić information content (AvgIpc) is 2.88. The van der Waals surface area contributed by atoms with Gasteiger partial charge in [0.15, 0.2) is 17.3 Å². The second-order valence-corrected chi connectivity index (χ2v) is 9.24. The quantitative estimate of drug-likeness (QED) is 0.381. The Morgan fingerprint density at radius 1 is 1.00 bits per heavy atom. The highest BCUT2D eigenvalue weighted by atomic mass is 32.2. The normalized spacial score (nSPS) is 16.3. The van der Waals surface area contributed by atoms with E-state index in [9.17, 15) is 9.59 Å². The Morgan fingerprint density at radius 3 is 2.26 bits per heavy atom. The molecule has 0 saturated heterocycles. The maximum Gasteiger partial charge on any atom is 0.239 e. The van der Waals surface area contributed by atoms with Crippen LogP contribution >= 0.6 is 11.9 Å². The second kappa shape index (κ2) is 10.8. The topological polar surface area (TPSA) is 67.9 Å². The van der Waals surface area contributed by atoms with Gasteiger partial charge < -0.3 is 14.8 Å². The summed E-state index contributed by atoms with van der Waals surface area (Å²) in [6.07, 6.45) is 0.494. The average molecular weight is 477 g/mol. The summed E-state index contributed by atoms with van der Waals surface area (Å²) < 4.78 is 13.0. The van der Waals surface area contributed by atoms with E-state index in [4.69, 9.17) is 9.47 Å². The van der Waals surface area contributed by atoms with E-state index in [1.54, 1.807) is 33.3 Å². The smallest absolute Gasteiger partial charge is 0.239 e. The third kappa shape index (κ3) is 5.26. The third-order valence-electron chi connectivity index (χ3n) is 5.84. The van der Waals surface area contributed by atoms with Gasteiger partial charge in [-0.1, -0.05) is 60.7 Å². The molecule has 0 aliphatic carbocycles. The van der Waals surface area contributed by atoms with E-state index < -0.39 is 12.1 Å². The lowest BCUT2D eigenvalue weighted by molar-refractivity contribution is -0.125. The van der Waals surface area contributed by atoms with E-state index in [1.165, 1.54) is 11.9 Å². The van der Waals surface area contributed by atoms with Gasteiger partial charge in [0.1, 0.15) is 6.04 Å². The van der Waals surface area contributed by atoms with Gasteiger partial charge >= 0.3 is 0 Å². The molecule has 6 nitrogen and oxygen atoms in total. The highest BCUT2D eigenvalue weighted by Crippen LogP contribution is 2.42. The molecule has 7 heteroatoms. The van der Waals surface area contributed by atoms with Gasteiger partial charge in [0, 0.05) is 17.0 Å². The number of ether oxygens (including phenoxy) is 2. The zero-order valence-corrected chi connectivity index (χ0v) is 20.3. The minimum Gasteiger partial charge on any atom is -0.493 e. The Balaban J connectivity index is 1.59. The number of hydrogen-bond donors (Lipinski definition) is 1. The molecule has 2 atom stereocenters. The van der Waals surface area contributed by atoms with E-state index in [-0.39, 0.29) is 11.7 Å². The fraction of sp³-hybridized carbons (Fsp3) is 0.259. The van der Waals surface area contributed by atoms with Gasteiger partial charge in [0.25, 0.3) is 0 Å². The lowest BCUT2D eigenvalue weighted by atomic mass is 10.0. The molecule has 176 valence electrons. The molecule has 3 aromatic carbocycles. The summed E-state index contributed by atoms with van der Waals surface area (Å²) in [6, 6.07) is 21.9. The summed E-state index contributed by atoms with van der Waals surface area (Å²) in [7, 11) is 3.21. The maximum atomic E-state index is 13.5. The van der Waals surface area contributed by atoms with Crippen LogP contribution in [0.25, 0.3) is 0 Å². The fourth-order valence-corrected chi connectivity index (χ4v) is 5.19. The van der Waals surface area contributed by atoms with Crippen molar-refractivity contribution < 1.29 is 19.1 Å². The first-order valence-corrected chi connectivity index (χ1v) is 11.9. The van der Waals surface area contributed by atoms with Gasteiger partial charge in [-0.05, 0) is 48.6 Å². The van der Waals surface area contributed by atoms with Gasteiger partial charge in [-0.3, -0.25) is 9.59 Å². The number of carbonyl (C=O) groups excluding carboxylic acids is 2. The van der Waals surface area contributed by atoms with Crippen LogP contribution in [0.15, 0.2) is 77.7 Å². The van der Waals surface area contributed by atoms with Crippen molar-refractivity contribution in [3.8, 4) is 11.5 Å². The SMILES string of the molecule is COc1cc2c(cc1OC)SN(Cc1ccccc1)C(C(=O)N[C@@H](C)C(=O)c1ccccc1)C2. The highest BCUT2D eigenvalue weighted by Gasteiger charge is 2.35. The summed E-state index contributed by atoms with van der Waals surface area (Å²) in [4.78, 5) is 27.3.